The molecule has 1 saturated heterocycles. The van der Waals surface area contributed by atoms with Crippen molar-refractivity contribution >= 4 is 23.4 Å². The number of aryl methyl sites for hydroxylation is 1. The Balaban J connectivity index is 1.88. The lowest BCUT2D eigenvalue weighted by Gasteiger charge is -2.32. The van der Waals surface area contributed by atoms with E-state index in [0.717, 1.165) is 24.2 Å². The molecule has 1 unspecified atom stereocenters. The molecular formula is C21H31ClN2O3. The molecule has 27 heavy (non-hydrogen) atoms. The first-order valence-corrected chi connectivity index (χ1v) is 9.97. The summed E-state index contributed by atoms with van der Waals surface area (Å²) in [6.07, 6.45) is 1.47. The fourth-order valence-corrected chi connectivity index (χ4v) is 3.24. The highest BCUT2D eigenvalue weighted by molar-refractivity contribution is 6.30. The number of likely N-dealkylation sites (tertiary alicyclic amines) is 1. The molecule has 1 aromatic rings. The minimum atomic E-state index is -0.537. The fraction of sp³-hybridized carbons (Fsp3) is 0.619. The van der Waals surface area contributed by atoms with Gasteiger partial charge in [0.25, 0.3) is 5.91 Å². The zero-order valence-electron chi connectivity index (χ0n) is 17.0. The molecule has 6 heteroatoms. The number of carbonyl (C=O) groups excluding carboxylic acids is 2. The van der Waals surface area contributed by atoms with Crippen LogP contribution in [0.2, 0.25) is 0 Å². The predicted molar refractivity (Wildman–Crippen MR) is 108 cm³/mol. The van der Waals surface area contributed by atoms with E-state index in [1.165, 1.54) is 5.56 Å². The molecule has 2 rings (SSSR count). The number of piperidine rings is 1. The highest BCUT2D eigenvalue weighted by Gasteiger charge is 2.26. The van der Waals surface area contributed by atoms with Crippen molar-refractivity contribution in [2.24, 2.45) is 0 Å². The van der Waals surface area contributed by atoms with Crippen LogP contribution in [-0.2, 0) is 15.0 Å². The third kappa shape index (κ3) is 6.13. The third-order valence-corrected chi connectivity index (χ3v) is 5.05. The summed E-state index contributed by atoms with van der Waals surface area (Å²) in [5, 5.41) is 2.39. The Morgan fingerprint density at radius 1 is 1.30 bits per heavy atom. The summed E-state index contributed by atoms with van der Waals surface area (Å²) >= 11 is 5.79. The topological polar surface area (TPSA) is 58.6 Å². The van der Waals surface area contributed by atoms with Crippen LogP contribution in [0.25, 0.3) is 0 Å². The first-order chi connectivity index (χ1) is 12.6. The van der Waals surface area contributed by atoms with Crippen molar-refractivity contribution in [1.82, 2.24) is 10.2 Å². The normalized spacial score (nSPS) is 16.7. The van der Waals surface area contributed by atoms with Crippen LogP contribution in [0, 0.1) is 6.92 Å². The Morgan fingerprint density at radius 2 is 1.93 bits per heavy atom. The monoisotopic (exact) mass is 394 g/mol. The third-order valence-electron chi connectivity index (χ3n) is 4.85. The van der Waals surface area contributed by atoms with Crippen molar-refractivity contribution in [2.45, 2.75) is 64.3 Å². The first-order valence-electron chi connectivity index (χ1n) is 9.54. The van der Waals surface area contributed by atoms with Gasteiger partial charge in [-0.25, -0.2) is 0 Å². The number of ether oxygens (including phenoxy) is 1. The molecule has 2 amide bonds. The smallest absolute Gasteiger partial charge is 0.260 e. The molecule has 0 bridgehead atoms. The van der Waals surface area contributed by atoms with E-state index in [4.69, 9.17) is 16.3 Å². The van der Waals surface area contributed by atoms with Gasteiger partial charge in [0, 0.05) is 19.1 Å². The molecule has 1 fully saturated rings. The number of hydrogen-bond acceptors (Lipinski definition) is 3. The Kier molecular flexibility index (Phi) is 7.15. The quantitative estimate of drug-likeness (QED) is 0.778. The van der Waals surface area contributed by atoms with Gasteiger partial charge in [0.1, 0.15) is 11.1 Å². The summed E-state index contributed by atoms with van der Waals surface area (Å²) in [6, 6.07) is 6.14. The first kappa shape index (κ1) is 21.5. The van der Waals surface area contributed by atoms with E-state index in [-0.39, 0.29) is 29.9 Å². The van der Waals surface area contributed by atoms with E-state index in [2.05, 4.69) is 39.1 Å². The van der Waals surface area contributed by atoms with Gasteiger partial charge in [-0.3, -0.25) is 9.59 Å². The summed E-state index contributed by atoms with van der Waals surface area (Å²) in [5.74, 6) is 0.587. The number of benzene rings is 1. The van der Waals surface area contributed by atoms with E-state index in [0.29, 0.717) is 13.1 Å². The van der Waals surface area contributed by atoms with Crippen LogP contribution in [0.3, 0.4) is 0 Å². The molecule has 0 aliphatic carbocycles. The molecular weight excluding hydrogens is 364 g/mol. The molecule has 1 atom stereocenters. The maximum Gasteiger partial charge on any atom is 0.260 e. The summed E-state index contributed by atoms with van der Waals surface area (Å²) in [6.45, 7) is 11.4. The molecule has 5 nitrogen and oxygen atoms in total. The standard InChI is InChI=1S/C21H31ClN2O3/c1-14-6-7-18(17(12-14)21(3,4)5)27-13-19(25)24-10-8-16(9-11-24)23-20(26)15(2)22/h6-7,12,15-16H,8-11,13H2,1-5H3,(H,23,26). The molecule has 1 N–H and O–H groups in total. The minimum absolute atomic E-state index is 0.0223. The van der Waals surface area contributed by atoms with E-state index >= 15 is 0 Å². The van der Waals surface area contributed by atoms with Crippen molar-refractivity contribution in [3.05, 3.63) is 29.3 Å². The Morgan fingerprint density at radius 3 is 2.48 bits per heavy atom. The molecule has 1 heterocycles. The maximum atomic E-state index is 12.5. The maximum absolute atomic E-state index is 12.5. The largest absolute Gasteiger partial charge is 0.483 e. The molecule has 0 saturated carbocycles. The zero-order chi connectivity index (χ0) is 20.2. The number of alkyl halides is 1. The molecule has 150 valence electrons. The fourth-order valence-electron chi connectivity index (χ4n) is 3.18. The Bertz CT molecular complexity index is 674. The summed E-state index contributed by atoms with van der Waals surface area (Å²) in [4.78, 5) is 26.0. The Hall–Kier alpha value is -1.75. The number of rotatable bonds is 5. The highest BCUT2D eigenvalue weighted by atomic mass is 35.5. The van der Waals surface area contributed by atoms with E-state index in [1.807, 2.05) is 12.1 Å². The van der Waals surface area contributed by atoms with Crippen LogP contribution in [0.1, 0.15) is 51.7 Å². The van der Waals surface area contributed by atoms with Crippen molar-refractivity contribution in [1.29, 1.82) is 0 Å². The number of carbonyl (C=O) groups is 2. The second-order valence-corrected chi connectivity index (χ2v) is 8.97. The van der Waals surface area contributed by atoms with Gasteiger partial charge >= 0.3 is 0 Å². The van der Waals surface area contributed by atoms with Crippen LogP contribution in [0.4, 0.5) is 0 Å². The van der Waals surface area contributed by atoms with Crippen LogP contribution in [0.5, 0.6) is 5.75 Å². The van der Waals surface area contributed by atoms with Gasteiger partial charge in [-0.1, -0.05) is 38.5 Å². The van der Waals surface area contributed by atoms with Crippen LogP contribution in [0.15, 0.2) is 18.2 Å². The SMILES string of the molecule is Cc1ccc(OCC(=O)N2CCC(NC(=O)C(C)Cl)CC2)c(C(C)(C)C)c1. The number of hydrogen-bond donors (Lipinski definition) is 1. The van der Waals surface area contributed by atoms with Crippen LogP contribution in [-0.4, -0.2) is 47.8 Å². The van der Waals surface area contributed by atoms with E-state index in [9.17, 15) is 9.59 Å². The van der Waals surface area contributed by atoms with Gasteiger partial charge in [0.15, 0.2) is 6.61 Å². The lowest BCUT2D eigenvalue weighted by atomic mass is 9.85. The molecule has 0 spiro atoms. The van der Waals surface area contributed by atoms with E-state index in [1.54, 1.807) is 11.8 Å². The molecule has 1 aliphatic rings. The lowest BCUT2D eigenvalue weighted by Crippen LogP contribution is -2.48. The second kappa shape index (κ2) is 8.96. The van der Waals surface area contributed by atoms with Crippen molar-refractivity contribution in [3.63, 3.8) is 0 Å². The average molecular weight is 395 g/mol. The number of nitrogens with zero attached hydrogens (tertiary/aromatic N) is 1. The van der Waals surface area contributed by atoms with E-state index < -0.39 is 5.38 Å². The van der Waals surface area contributed by atoms with Gasteiger partial charge < -0.3 is 15.0 Å². The van der Waals surface area contributed by atoms with Gasteiger partial charge in [-0.15, -0.1) is 11.6 Å². The van der Waals surface area contributed by atoms with Gasteiger partial charge in [0.05, 0.1) is 0 Å². The van der Waals surface area contributed by atoms with Crippen molar-refractivity contribution in [3.8, 4) is 5.75 Å². The molecule has 1 aromatic carbocycles. The minimum Gasteiger partial charge on any atom is -0.483 e. The van der Waals surface area contributed by atoms with Crippen molar-refractivity contribution < 1.29 is 14.3 Å². The molecule has 0 aromatic heterocycles. The van der Waals surface area contributed by atoms with Gasteiger partial charge in [0.2, 0.25) is 5.91 Å². The summed E-state index contributed by atoms with van der Waals surface area (Å²) in [5.41, 5.74) is 2.22. The number of nitrogens with one attached hydrogen (secondary N) is 1. The number of amides is 2. The molecule has 0 radical (unpaired) electrons. The molecule has 1 aliphatic heterocycles. The second-order valence-electron chi connectivity index (χ2n) is 8.32. The zero-order valence-corrected chi connectivity index (χ0v) is 17.7. The summed E-state index contributed by atoms with van der Waals surface area (Å²) < 4.78 is 5.88. The summed E-state index contributed by atoms with van der Waals surface area (Å²) in [7, 11) is 0. The highest BCUT2D eigenvalue weighted by Crippen LogP contribution is 2.32. The van der Waals surface area contributed by atoms with Gasteiger partial charge in [-0.2, -0.15) is 0 Å². The Labute approximate surface area is 167 Å². The van der Waals surface area contributed by atoms with Crippen molar-refractivity contribution in [2.75, 3.05) is 19.7 Å². The average Bonchev–Trinajstić information content (AvgIpc) is 2.60. The van der Waals surface area contributed by atoms with Crippen LogP contribution < -0.4 is 10.1 Å². The van der Waals surface area contributed by atoms with Crippen LogP contribution >= 0.6 is 11.6 Å². The van der Waals surface area contributed by atoms with Gasteiger partial charge in [-0.05, 0) is 43.7 Å². The lowest BCUT2D eigenvalue weighted by molar-refractivity contribution is -0.134. The number of halogens is 1. The predicted octanol–water partition coefficient (Wildman–Crippen LogP) is 3.41.